The molecule has 0 amide bonds. The number of pyridine rings is 1. The van der Waals surface area contributed by atoms with Crippen LogP contribution in [0.1, 0.15) is 0 Å². The van der Waals surface area contributed by atoms with Gasteiger partial charge in [-0.1, -0.05) is 6.07 Å². The number of aromatic amines is 1. The molecular weight excluding hydrogens is 184 g/mol. The van der Waals surface area contributed by atoms with Crippen molar-refractivity contribution in [3.63, 3.8) is 0 Å². The molecular formula is C5H6BF4NNa+. The number of hydrogen-bond donors (Lipinski definition) is 0. The Hall–Kier alpha value is -0.0651. The molecule has 1 nitrogen and oxygen atoms in total. The summed E-state index contributed by atoms with van der Waals surface area (Å²) in [6.07, 6.45) is 3.75. The van der Waals surface area contributed by atoms with Crippen molar-refractivity contribution < 1.29 is 51.8 Å². The van der Waals surface area contributed by atoms with Crippen LogP contribution in [0.15, 0.2) is 30.6 Å². The van der Waals surface area contributed by atoms with Crippen molar-refractivity contribution in [2.75, 3.05) is 0 Å². The predicted octanol–water partition coefficient (Wildman–Crippen LogP) is -1.20. The van der Waals surface area contributed by atoms with Gasteiger partial charge in [-0.3, -0.25) is 0 Å². The van der Waals surface area contributed by atoms with Gasteiger partial charge in [-0.2, -0.15) is 0 Å². The summed E-state index contributed by atoms with van der Waals surface area (Å²) in [4.78, 5) is 2.89. The number of H-pyrrole nitrogens is 1. The van der Waals surface area contributed by atoms with E-state index in [2.05, 4.69) is 4.98 Å². The van der Waals surface area contributed by atoms with Gasteiger partial charge in [-0.25, -0.2) is 4.98 Å². The van der Waals surface area contributed by atoms with Crippen molar-refractivity contribution in [2.24, 2.45) is 0 Å². The Morgan fingerprint density at radius 3 is 1.25 bits per heavy atom. The fourth-order valence-electron chi connectivity index (χ4n) is 0.342. The summed E-state index contributed by atoms with van der Waals surface area (Å²) in [5.41, 5.74) is 0. The zero-order valence-electron chi connectivity index (χ0n) is 6.48. The summed E-state index contributed by atoms with van der Waals surface area (Å²) in [7, 11) is -6.00. The van der Waals surface area contributed by atoms with Crippen LogP contribution in [0.5, 0.6) is 0 Å². The molecule has 0 aliphatic carbocycles. The maximum atomic E-state index is 9.75. The molecule has 62 valence electrons. The van der Waals surface area contributed by atoms with E-state index < -0.39 is 7.25 Å². The molecule has 0 aliphatic heterocycles. The average Bonchev–Trinajstić information content (AvgIpc) is 1.88. The number of rotatable bonds is 0. The Bertz CT molecular complexity index is 148. The van der Waals surface area contributed by atoms with Crippen LogP contribution in [0.3, 0.4) is 0 Å². The Kier molecular flexibility index (Phi) is 9.13. The molecule has 0 bridgehead atoms. The summed E-state index contributed by atoms with van der Waals surface area (Å²) in [5, 5.41) is 0. The molecule has 0 radical (unpaired) electrons. The van der Waals surface area contributed by atoms with Crippen molar-refractivity contribution in [1.29, 1.82) is 0 Å². The van der Waals surface area contributed by atoms with E-state index in [1.807, 2.05) is 30.6 Å². The zero-order chi connectivity index (χ0) is 8.74. The zero-order valence-corrected chi connectivity index (χ0v) is 8.48. The number of halogens is 4. The van der Waals surface area contributed by atoms with Gasteiger partial charge in [0.15, 0.2) is 12.4 Å². The van der Waals surface area contributed by atoms with E-state index in [4.69, 9.17) is 0 Å². The van der Waals surface area contributed by atoms with Crippen LogP contribution in [0.25, 0.3) is 0 Å². The molecule has 0 atom stereocenters. The van der Waals surface area contributed by atoms with Crippen molar-refractivity contribution in [2.45, 2.75) is 0 Å². The minimum Gasteiger partial charge on any atom is -0.418 e. The Labute approximate surface area is 89.6 Å². The van der Waals surface area contributed by atoms with Crippen LogP contribution in [0.4, 0.5) is 17.3 Å². The van der Waals surface area contributed by atoms with E-state index in [1.54, 1.807) is 0 Å². The Morgan fingerprint density at radius 1 is 0.833 bits per heavy atom. The Morgan fingerprint density at radius 2 is 1.17 bits per heavy atom. The van der Waals surface area contributed by atoms with Crippen molar-refractivity contribution in [3.8, 4) is 0 Å². The molecule has 1 N–H and O–H groups in total. The van der Waals surface area contributed by atoms with Crippen LogP contribution in [-0.4, -0.2) is 7.25 Å². The largest absolute Gasteiger partial charge is 1.00 e. The molecule has 1 rings (SSSR count). The molecule has 0 saturated carbocycles. The van der Waals surface area contributed by atoms with E-state index in [0.29, 0.717) is 0 Å². The molecule has 0 aromatic carbocycles. The third-order valence-corrected chi connectivity index (χ3v) is 0.607. The topological polar surface area (TPSA) is 14.1 Å². The second-order valence-corrected chi connectivity index (χ2v) is 1.57. The minimum absolute atomic E-state index is 0. The van der Waals surface area contributed by atoms with Gasteiger partial charge in [0.05, 0.1) is 0 Å². The monoisotopic (exact) mass is 190 g/mol. The first-order chi connectivity index (χ1) is 5.00. The van der Waals surface area contributed by atoms with Gasteiger partial charge in [-0.15, -0.1) is 0 Å². The number of hydrogen-bond acceptors (Lipinski definition) is 0. The maximum Gasteiger partial charge on any atom is 1.00 e. The second-order valence-electron chi connectivity index (χ2n) is 1.57. The quantitative estimate of drug-likeness (QED) is 0.360. The molecule has 0 aliphatic rings. The third-order valence-electron chi connectivity index (χ3n) is 0.607. The summed E-state index contributed by atoms with van der Waals surface area (Å²) in [6.45, 7) is 0. The summed E-state index contributed by atoms with van der Waals surface area (Å²) >= 11 is 0. The Balaban J connectivity index is 0. The first-order valence-electron chi connectivity index (χ1n) is 2.78. The van der Waals surface area contributed by atoms with E-state index in [-0.39, 0.29) is 29.6 Å². The second kappa shape index (κ2) is 7.58. The molecule has 1 aromatic heterocycles. The summed E-state index contributed by atoms with van der Waals surface area (Å²) in [5.74, 6) is 0. The molecule has 1 aromatic rings. The van der Waals surface area contributed by atoms with Crippen LogP contribution < -0.4 is 34.5 Å². The van der Waals surface area contributed by atoms with E-state index in [1.165, 1.54) is 0 Å². The van der Waals surface area contributed by atoms with Gasteiger partial charge in [-0.05, 0) is 0 Å². The van der Waals surface area contributed by atoms with Crippen molar-refractivity contribution in [1.82, 2.24) is 0 Å². The van der Waals surface area contributed by atoms with E-state index >= 15 is 0 Å². The third kappa shape index (κ3) is 22.5. The van der Waals surface area contributed by atoms with Crippen molar-refractivity contribution >= 4 is 7.25 Å². The standard InChI is InChI=1S/C5H5N.BF4.Na/c1-2-4-6-5-3-1;2-1(3,4)5;/h1-5H;;/q;-1;+1/p+1. The molecule has 0 spiro atoms. The number of nitrogens with one attached hydrogen (secondary N) is 1. The van der Waals surface area contributed by atoms with E-state index in [0.717, 1.165) is 0 Å². The smallest absolute Gasteiger partial charge is 0.418 e. The van der Waals surface area contributed by atoms with Gasteiger partial charge < -0.3 is 17.3 Å². The minimum atomic E-state index is -6.00. The summed E-state index contributed by atoms with van der Waals surface area (Å²) < 4.78 is 39.0. The maximum absolute atomic E-state index is 9.75. The predicted molar refractivity (Wildman–Crippen MR) is 33.2 cm³/mol. The van der Waals surface area contributed by atoms with Crippen LogP contribution in [0.2, 0.25) is 0 Å². The molecule has 0 unspecified atom stereocenters. The first-order valence-corrected chi connectivity index (χ1v) is 2.78. The van der Waals surface area contributed by atoms with Crippen LogP contribution in [0, 0.1) is 0 Å². The molecule has 0 saturated heterocycles. The first kappa shape index (κ1) is 14.5. The van der Waals surface area contributed by atoms with Gasteiger partial charge in [0.2, 0.25) is 0 Å². The van der Waals surface area contributed by atoms with Gasteiger partial charge in [0, 0.05) is 12.1 Å². The molecule has 12 heavy (non-hydrogen) atoms. The normalized spacial score (nSPS) is 9.00. The number of aromatic nitrogens is 1. The fraction of sp³-hybridized carbons (Fsp3) is 0. The molecule has 1 heterocycles. The van der Waals surface area contributed by atoms with Gasteiger partial charge in [0.25, 0.3) is 0 Å². The van der Waals surface area contributed by atoms with Gasteiger partial charge >= 0.3 is 36.8 Å². The van der Waals surface area contributed by atoms with Crippen molar-refractivity contribution in [3.05, 3.63) is 30.6 Å². The summed E-state index contributed by atoms with van der Waals surface area (Å²) in [6, 6.07) is 5.86. The molecule has 0 fully saturated rings. The fourth-order valence-corrected chi connectivity index (χ4v) is 0.342. The SMILES string of the molecule is F[B-](F)(F)F.[Na+].c1cc[nH+]cc1. The van der Waals surface area contributed by atoms with Crippen LogP contribution >= 0.6 is 0 Å². The molecule has 7 heteroatoms. The average molecular weight is 190 g/mol. The van der Waals surface area contributed by atoms with Gasteiger partial charge in [0.1, 0.15) is 0 Å². The van der Waals surface area contributed by atoms with E-state index in [9.17, 15) is 17.3 Å². The van der Waals surface area contributed by atoms with Crippen LogP contribution in [-0.2, 0) is 0 Å².